The van der Waals surface area contributed by atoms with E-state index in [1.165, 1.54) is 12.1 Å². The SMILES string of the molecule is CCNc1nc(-c2cc(F)cc(Br)c2)nc(C)c1CC. The van der Waals surface area contributed by atoms with Gasteiger partial charge in [-0.1, -0.05) is 22.9 Å². The van der Waals surface area contributed by atoms with Crippen LogP contribution < -0.4 is 5.32 Å². The Morgan fingerprint density at radius 2 is 1.95 bits per heavy atom. The number of rotatable bonds is 4. The van der Waals surface area contributed by atoms with Crippen molar-refractivity contribution in [3.8, 4) is 11.4 Å². The number of anilines is 1. The average Bonchev–Trinajstić information content (AvgIpc) is 2.37. The molecular formula is C15H17BrFN3. The van der Waals surface area contributed by atoms with Crippen molar-refractivity contribution in [2.45, 2.75) is 27.2 Å². The van der Waals surface area contributed by atoms with E-state index in [0.717, 1.165) is 30.0 Å². The number of aryl methyl sites for hydroxylation is 1. The van der Waals surface area contributed by atoms with Gasteiger partial charge in [0.25, 0.3) is 0 Å². The second kappa shape index (κ2) is 6.31. The van der Waals surface area contributed by atoms with Crippen molar-refractivity contribution in [1.29, 1.82) is 0 Å². The van der Waals surface area contributed by atoms with Crippen molar-refractivity contribution in [2.75, 3.05) is 11.9 Å². The largest absolute Gasteiger partial charge is 0.370 e. The Morgan fingerprint density at radius 3 is 2.55 bits per heavy atom. The highest BCUT2D eigenvalue weighted by Crippen LogP contribution is 2.25. The summed E-state index contributed by atoms with van der Waals surface area (Å²) in [4.78, 5) is 9.04. The molecule has 0 aliphatic heterocycles. The molecule has 0 aliphatic carbocycles. The zero-order valence-corrected chi connectivity index (χ0v) is 13.4. The first-order valence-corrected chi connectivity index (χ1v) is 7.42. The van der Waals surface area contributed by atoms with Crippen LogP contribution in [-0.4, -0.2) is 16.5 Å². The third kappa shape index (κ3) is 3.15. The van der Waals surface area contributed by atoms with Gasteiger partial charge >= 0.3 is 0 Å². The van der Waals surface area contributed by atoms with E-state index in [-0.39, 0.29) is 5.82 Å². The van der Waals surface area contributed by atoms with E-state index < -0.39 is 0 Å². The van der Waals surface area contributed by atoms with Crippen molar-refractivity contribution >= 4 is 21.7 Å². The Labute approximate surface area is 126 Å². The van der Waals surface area contributed by atoms with Crippen LogP contribution in [0.1, 0.15) is 25.1 Å². The predicted molar refractivity (Wildman–Crippen MR) is 83.4 cm³/mol. The molecule has 1 aromatic heterocycles. The maximum atomic E-state index is 13.5. The molecule has 2 aromatic rings. The molecule has 1 N–H and O–H groups in total. The highest BCUT2D eigenvalue weighted by molar-refractivity contribution is 9.10. The quantitative estimate of drug-likeness (QED) is 0.901. The van der Waals surface area contributed by atoms with E-state index in [2.05, 4.69) is 38.1 Å². The fourth-order valence-corrected chi connectivity index (χ4v) is 2.61. The van der Waals surface area contributed by atoms with Gasteiger partial charge in [0, 0.05) is 27.8 Å². The van der Waals surface area contributed by atoms with Gasteiger partial charge in [0.15, 0.2) is 5.82 Å². The summed E-state index contributed by atoms with van der Waals surface area (Å²) < 4.78 is 14.2. The first kappa shape index (κ1) is 14.9. The number of benzene rings is 1. The standard InChI is InChI=1S/C15H17BrFN3/c1-4-13-9(3)19-14(20-15(13)18-5-2)10-6-11(16)8-12(17)7-10/h6-8H,4-5H2,1-3H3,(H,18,19,20). The van der Waals surface area contributed by atoms with Crippen molar-refractivity contribution in [2.24, 2.45) is 0 Å². The molecule has 0 fully saturated rings. The lowest BCUT2D eigenvalue weighted by atomic mass is 10.1. The van der Waals surface area contributed by atoms with E-state index in [1.54, 1.807) is 0 Å². The van der Waals surface area contributed by atoms with Crippen LogP contribution in [0.3, 0.4) is 0 Å². The fourth-order valence-electron chi connectivity index (χ4n) is 2.15. The molecule has 20 heavy (non-hydrogen) atoms. The Morgan fingerprint density at radius 1 is 1.20 bits per heavy atom. The zero-order valence-electron chi connectivity index (χ0n) is 11.8. The topological polar surface area (TPSA) is 37.8 Å². The normalized spacial score (nSPS) is 10.7. The second-order valence-corrected chi connectivity index (χ2v) is 5.42. The molecule has 0 unspecified atom stereocenters. The number of nitrogens with one attached hydrogen (secondary N) is 1. The minimum Gasteiger partial charge on any atom is -0.370 e. The lowest BCUT2D eigenvalue weighted by molar-refractivity contribution is 0.627. The van der Waals surface area contributed by atoms with Crippen LogP contribution in [0.4, 0.5) is 10.2 Å². The Hall–Kier alpha value is -1.49. The van der Waals surface area contributed by atoms with Gasteiger partial charge in [0.05, 0.1) is 0 Å². The van der Waals surface area contributed by atoms with E-state index in [1.807, 2.05) is 19.9 Å². The average molecular weight is 338 g/mol. The molecule has 0 atom stereocenters. The summed E-state index contributed by atoms with van der Waals surface area (Å²) in [6, 6.07) is 4.68. The third-order valence-corrected chi connectivity index (χ3v) is 3.49. The fraction of sp³-hybridized carbons (Fsp3) is 0.333. The van der Waals surface area contributed by atoms with Gasteiger partial charge in [-0.3, -0.25) is 0 Å². The van der Waals surface area contributed by atoms with E-state index in [4.69, 9.17) is 0 Å². The van der Waals surface area contributed by atoms with E-state index in [9.17, 15) is 4.39 Å². The molecule has 0 saturated heterocycles. The van der Waals surface area contributed by atoms with Crippen molar-refractivity contribution < 1.29 is 4.39 Å². The van der Waals surface area contributed by atoms with Gasteiger partial charge in [-0.05, 0) is 38.5 Å². The number of nitrogens with zero attached hydrogens (tertiary/aromatic N) is 2. The molecule has 2 rings (SSSR count). The van der Waals surface area contributed by atoms with Crippen LogP contribution in [0.15, 0.2) is 22.7 Å². The number of hydrogen-bond acceptors (Lipinski definition) is 3. The molecule has 1 aromatic carbocycles. The molecule has 3 nitrogen and oxygen atoms in total. The van der Waals surface area contributed by atoms with Gasteiger partial charge in [-0.25, -0.2) is 14.4 Å². The molecule has 0 bridgehead atoms. The highest BCUT2D eigenvalue weighted by Gasteiger charge is 2.12. The van der Waals surface area contributed by atoms with Crippen molar-refractivity contribution in [1.82, 2.24) is 9.97 Å². The monoisotopic (exact) mass is 337 g/mol. The maximum Gasteiger partial charge on any atom is 0.161 e. The lowest BCUT2D eigenvalue weighted by Gasteiger charge is -2.13. The predicted octanol–water partition coefficient (Wildman–Crippen LogP) is 4.35. The molecule has 0 spiro atoms. The molecule has 106 valence electrons. The first-order chi connectivity index (χ1) is 9.55. The number of halogens is 2. The van der Waals surface area contributed by atoms with Gasteiger partial charge in [0.1, 0.15) is 11.6 Å². The maximum absolute atomic E-state index is 13.5. The third-order valence-electron chi connectivity index (χ3n) is 3.03. The molecular weight excluding hydrogens is 321 g/mol. The number of aromatic nitrogens is 2. The number of hydrogen-bond donors (Lipinski definition) is 1. The lowest BCUT2D eigenvalue weighted by Crippen LogP contribution is -2.08. The summed E-state index contributed by atoms with van der Waals surface area (Å²) in [6.07, 6.45) is 0.862. The molecule has 0 amide bonds. The minimum atomic E-state index is -0.305. The van der Waals surface area contributed by atoms with Crippen LogP contribution in [0.5, 0.6) is 0 Å². The van der Waals surface area contributed by atoms with Gasteiger partial charge in [-0.2, -0.15) is 0 Å². The van der Waals surface area contributed by atoms with Crippen LogP contribution in [0.25, 0.3) is 11.4 Å². The minimum absolute atomic E-state index is 0.305. The van der Waals surface area contributed by atoms with Crippen LogP contribution >= 0.6 is 15.9 Å². The smallest absolute Gasteiger partial charge is 0.161 e. The summed E-state index contributed by atoms with van der Waals surface area (Å²) in [7, 11) is 0. The van der Waals surface area contributed by atoms with E-state index >= 15 is 0 Å². The van der Waals surface area contributed by atoms with E-state index in [0.29, 0.717) is 15.9 Å². The summed E-state index contributed by atoms with van der Waals surface area (Å²) in [5.74, 6) is 1.06. The Kier molecular flexibility index (Phi) is 4.70. The van der Waals surface area contributed by atoms with Gasteiger partial charge in [0.2, 0.25) is 0 Å². The van der Waals surface area contributed by atoms with Crippen LogP contribution in [-0.2, 0) is 6.42 Å². The molecule has 0 saturated carbocycles. The first-order valence-electron chi connectivity index (χ1n) is 6.63. The molecule has 1 heterocycles. The van der Waals surface area contributed by atoms with Gasteiger partial charge < -0.3 is 5.32 Å². The summed E-state index contributed by atoms with van der Waals surface area (Å²) in [6.45, 7) is 6.84. The van der Waals surface area contributed by atoms with Crippen LogP contribution in [0, 0.1) is 12.7 Å². The summed E-state index contributed by atoms with van der Waals surface area (Å²) >= 11 is 3.29. The summed E-state index contributed by atoms with van der Waals surface area (Å²) in [5.41, 5.74) is 2.70. The summed E-state index contributed by atoms with van der Waals surface area (Å²) in [5, 5.41) is 3.25. The van der Waals surface area contributed by atoms with Crippen molar-refractivity contribution in [3.05, 3.63) is 39.7 Å². The van der Waals surface area contributed by atoms with Crippen molar-refractivity contribution in [3.63, 3.8) is 0 Å². The molecule has 0 aliphatic rings. The van der Waals surface area contributed by atoms with Crippen LogP contribution in [0.2, 0.25) is 0 Å². The molecule has 0 radical (unpaired) electrons. The Bertz CT molecular complexity index is 609. The highest BCUT2D eigenvalue weighted by atomic mass is 79.9. The second-order valence-electron chi connectivity index (χ2n) is 4.50. The molecule has 5 heteroatoms. The Balaban J connectivity index is 2.57. The van der Waals surface area contributed by atoms with Gasteiger partial charge in [-0.15, -0.1) is 0 Å². The zero-order chi connectivity index (χ0) is 14.7.